The van der Waals surface area contributed by atoms with Gasteiger partial charge in [0, 0.05) is 23.7 Å². The molecule has 5 aromatic rings. The molecule has 5 rings (SSSR count). The van der Waals surface area contributed by atoms with Crippen molar-refractivity contribution in [1.29, 1.82) is 0 Å². The number of ether oxygens (including phenoxy) is 1. The molecule has 0 fully saturated rings. The van der Waals surface area contributed by atoms with Crippen LogP contribution in [-0.2, 0) is 26.3 Å². The quantitative estimate of drug-likeness (QED) is 0.227. The van der Waals surface area contributed by atoms with Gasteiger partial charge in [-0.2, -0.15) is 18.3 Å². The molecule has 0 saturated carbocycles. The molecule has 9 nitrogen and oxygen atoms in total. The minimum atomic E-state index is -4.76. The Hall–Kier alpha value is -4.65. The lowest BCUT2D eigenvalue weighted by Crippen LogP contribution is -2.16. The maximum atomic E-state index is 13.8. The normalized spacial score (nSPS) is 11.7. The number of nitrogens with two attached hydrogens (primary N) is 1. The van der Waals surface area contributed by atoms with Crippen molar-refractivity contribution in [2.75, 3.05) is 5.32 Å². The van der Waals surface area contributed by atoms with Gasteiger partial charge in [0.1, 0.15) is 33.5 Å². The minimum Gasteiger partial charge on any atom is -0.486 e. The number of aromatic nitrogens is 3. The van der Waals surface area contributed by atoms with E-state index >= 15 is 0 Å². The summed E-state index contributed by atoms with van der Waals surface area (Å²) in [6.45, 7) is 3.79. The summed E-state index contributed by atoms with van der Waals surface area (Å²) >= 11 is 0.656. The van der Waals surface area contributed by atoms with Crippen molar-refractivity contribution >= 4 is 39.1 Å². The molecule has 41 heavy (non-hydrogen) atoms. The predicted octanol–water partition coefficient (Wildman–Crippen LogP) is 6.11. The van der Waals surface area contributed by atoms with Crippen LogP contribution in [-0.4, -0.2) is 26.6 Å². The Morgan fingerprint density at radius 3 is 2.49 bits per heavy atom. The number of nitrogens with one attached hydrogen (secondary N) is 1. The van der Waals surface area contributed by atoms with E-state index in [2.05, 4.69) is 15.4 Å². The van der Waals surface area contributed by atoms with Crippen LogP contribution in [0.25, 0.3) is 21.3 Å². The first kappa shape index (κ1) is 27.9. The first-order chi connectivity index (χ1) is 19.5. The number of primary amides is 1. The SMILES string of the molecule is CCc1ccc(OCc2ccc(C(=O)Nc3c(C(N)=O)sc4nc(C(F)(F)F)cc(-c5cnn(C)c5C)c34)o2)cc1. The third-order valence-corrected chi connectivity index (χ3v) is 7.64. The highest BCUT2D eigenvalue weighted by Crippen LogP contribution is 2.44. The first-order valence-electron chi connectivity index (χ1n) is 12.4. The van der Waals surface area contributed by atoms with E-state index < -0.39 is 23.7 Å². The smallest absolute Gasteiger partial charge is 0.433 e. The van der Waals surface area contributed by atoms with E-state index in [0.29, 0.717) is 34.1 Å². The molecule has 0 bridgehead atoms. The number of benzene rings is 1. The van der Waals surface area contributed by atoms with Gasteiger partial charge in [-0.1, -0.05) is 19.1 Å². The van der Waals surface area contributed by atoms with Crippen LogP contribution in [0.2, 0.25) is 0 Å². The second kappa shape index (κ2) is 10.7. The number of aryl methyl sites for hydroxylation is 2. The van der Waals surface area contributed by atoms with Crippen LogP contribution in [0.15, 0.2) is 53.1 Å². The highest BCUT2D eigenvalue weighted by Gasteiger charge is 2.35. The average Bonchev–Trinajstić information content (AvgIpc) is 3.65. The minimum absolute atomic E-state index is 0.0568. The van der Waals surface area contributed by atoms with Gasteiger partial charge >= 0.3 is 6.18 Å². The Morgan fingerprint density at radius 2 is 1.88 bits per heavy atom. The summed E-state index contributed by atoms with van der Waals surface area (Å²) < 4.78 is 54.1. The summed E-state index contributed by atoms with van der Waals surface area (Å²) in [5.41, 5.74) is 6.55. The molecule has 0 aliphatic heterocycles. The van der Waals surface area contributed by atoms with Crippen LogP contribution < -0.4 is 15.8 Å². The van der Waals surface area contributed by atoms with Crippen LogP contribution in [0.3, 0.4) is 0 Å². The average molecular weight is 584 g/mol. The fraction of sp³-hybridized carbons (Fsp3) is 0.214. The summed E-state index contributed by atoms with van der Waals surface area (Å²) in [6.07, 6.45) is -2.45. The van der Waals surface area contributed by atoms with Crippen molar-refractivity contribution in [3.05, 3.63) is 82.0 Å². The number of pyridine rings is 1. The van der Waals surface area contributed by atoms with Crippen LogP contribution in [0, 0.1) is 6.92 Å². The fourth-order valence-electron chi connectivity index (χ4n) is 4.24. The van der Waals surface area contributed by atoms with Crippen molar-refractivity contribution in [3.8, 4) is 16.9 Å². The third-order valence-electron chi connectivity index (χ3n) is 6.54. The number of hydrogen-bond acceptors (Lipinski definition) is 7. The Labute approximate surface area is 235 Å². The highest BCUT2D eigenvalue weighted by atomic mass is 32.1. The Kier molecular flexibility index (Phi) is 7.30. The maximum Gasteiger partial charge on any atom is 0.433 e. The Morgan fingerprint density at radius 1 is 1.15 bits per heavy atom. The van der Waals surface area contributed by atoms with Gasteiger partial charge in [0.15, 0.2) is 5.76 Å². The number of anilines is 1. The second-order valence-electron chi connectivity index (χ2n) is 9.18. The van der Waals surface area contributed by atoms with Gasteiger partial charge in [0.2, 0.25) is 0 Å². The third kappa shape index (κ3) is 5.53. The maximum absolute atomic E-state index is 13.8. The topological polar surface area (TPSA) is 125 Å². The number of halogens is 3. The lowest BCUT2D eigenvalue weighted by Gasteiger charge is -2.12. The number of fused-ring (bicyclic) bond motifs is 1. The molecule has 1 aromatic carbocycles. The molecule has 212 valence electrons. The molecule has 4 heterocycles. The summed E-state index contributed by atoms with van der Waals surface area (Å²) in [4.78, 5) is 29.0. The second-order valence-corrected chi connectivity index (χ2v) is 10.2. The zero-order chi connectivity index (χ0) is 29.5. The first-order valence-corrected chi connectivity index (χ1v) is 13.2. The van der Waals surface area contributed by atoms with Crippen LogP contribution in [0.4, 0.5) is 18.9 Å². The zero-order valence-corrected chi connectivity index (χ0v) is 22.9. The molecule has 0 saturated heterocycles. The molecular formula is C28H24F3N5O4S. The number of rotatable bonds is 8. The van der Waals surface area contributed by atoms with Gasteiger partial charge in [-0.25, -0.2) is 4.98 Å². The molecule has 0 spiro atoms. The largest absolute Gasteiger partial charge is 0.486 e. The molecule has 0 aliphatic carbocycles. The van der Waals surface area contributed by atoms with Gasteiger partial charge in [-0.05, 0) is 54.8 Å². The van der Waals surface area contributed by atoms with E-state index in [0.717, 1.165) is 18.1 Å². The van der Waals surface area contributed by atoms with E-state index in [1.54, 1.807) is 20.0 Å². The van der Waals surface area contributed by atoms with Crippen LogP contribution in [0.5, 0.6) is 5.75 Å². The summed E-state index contributed by atoms with van der Waals surface area (Å²) in [5.74, 6) is -0.779. The van der Waals surface area contributed by atoms with Gasteiger partial charge in [0.05, 0.1) is 11.9 Å². The molecule has 2 amide bonds. The molecule has 0 atom stereocenters. The number of nitrogens with zero attached hydrogens (tertiary/aromatic N) is 3. The predicted molar refractivity (Wildman–Crippen MR) is 147 cm³/mol. The molecule has 4 aromatic heterocycles. The summed E-state index contributed by atoms with van der Waals surface area (Å²) in [7, 11) is 1.64. The van der Waals surface area contributed by atoms with E-state index in [4.69, 9.17) is 14.9 Å². The van der Waals surface area contributed by atoms with Gasteiger partial charge in [-0.15, -0.1) is 11.3 Å². The van der Waals surface area contributed by atoms with E-state index in [1.807, 2.05) is 31.2 Å². The highest BCUT2D eigenvalue weighted by molar-refractivity contribution is 7.21. The number of amides is 2. The van der Waals surface area contributed by atoms with Crippen molar-refractivity contribution < 1.29 is 31.9 Å². The number of hydrogen-bond donors (Lipinski definition) is 2. The van der Waals surface area contributed by atoms with E-state index in [9.17, 15) is 22.8 Å². The van der Waals surface area contributed by atoms with Crippen LogP contribution in [0.1, 0.15) is 49.9 Å². The zero-order valence-electron chi connectivity index (χ0n) is 22.1. The molecule has 13 heteroatoms. The van der Waals surface area contributed by atoms with E-state index in [-0.39, 0.29) is 38.7 Å². The van der Waals surface area contributed by atoms with Gasteiger partial charge in [0.25, 0.3) is 11.8 Å². The summed E-state index contributed by atoms with van der Waals surface area (Å²) in [6, 6.07) is 11.4. The number of carbonyl (C=O) groups excluding carboxylic acids is 2. The monoisotopic (exact) mass is 583 g/mol. The fourth-order valence-corrected chi connectivity index (χ4v) is 5.25. The lowest BCUT2D eigenvalue weighted by molar-refractivity contribution is -0.140. The molecule has 0 unspecified atom stereocenters. The molecule has 0 radical (unpaired) electrons. The Bertz CT molecular complexity index is 1770. The number of alkyl halides is 3. The standard InChI is InChI=1S/C28H24F3N5O4S/c1-4-15-5-7-16(8-6-15)39-13-17-9-10-20(40-17)26(38)35-23-22-18(19-12-33-36(3)14(19)2)11-21(28(29,30)31)34-27(22)41-24(23)25(32)37/h5-12H,4,13H2,1-3H3,(H2,32,37)(H,35,38). The molecular weight excluding hydrogens is 559 g/mol. The van der Waals surface area contributed by atoms with Crippen molar-refractivity contribution in [1.82, 2.24) is 14.8 Å². The molecule has 3 N–H and O–H groups in total. The lowest BCUT2D eigenvalue weighted by atomic mass is 10.0. The van der Waals surface area contributed by atoms with Crippen molar-refractivity contribution in [2.24, 2.45) is 12.8 Å². The van der Waals surface area contributed by atoms with Gasteiger partial charge < -0.3 is 20.2 Å². The number of furan rings is 1. The van der Waals surface area contributed by atoms with Gasteiger partial charge in [-0.3, -0.25) is 14.3 Å². The Balaban J connectivity index is 1.50. The number of thiophene rings is 1. The van der Waals surface area contributed by atoms with E-state index in [1.165, 1.54) is 16.9 Å². The van der Waals surface area contributed by atoms with Crippen LogP contribution >= 0.6 is 11.3 Å². The van der Waals surface area contributed by atoms with Crippen molar-refractivity contribution in [2.45, 2.75) is 33.1 Å². The van der Waals surface area contributed by atoms with Crippen molar-refractivity contribution in [3.63, 3.8) is 0 Å². The molecule has 0 aliphatic rings. The number of carbonyl (C=O) groups is 2. The summed E-state index contributed by atoms with van der Waals surface area (Å²) in [5, 5.41) is 6.88.